The number of ether oxygens (including phenoxy) is 1. The van der Waals surface area contributed by atoms with Gasteiger partial charge in [-0.25, -0.2) is 15.6 Å². The molecule has 3 unspecified atom stereocenters. The zero-order chi connectivity index (χ0) is 15.2. The normalized spacial score (nSPS) is 22.6. The van der Waals surface area contributed by atoms with Crippen molar-refractivity contribution in [3.63, 3.8) is 0 Å². The predicted octanol–water partition coefficient (Wildman–Crippen LogP) is 0.0570. The number of esters is 1. The molecule has 1 amide bonds. The quantitative estimate of drug-likeness (QED) is 0.665. The number of hydrazine groups is 1. The minimum Gasteiger partial charge on any atom is -0.464 e. The molecule has 1 aliphatic rings. The van der Waals surface area contributed by atoms with Gasteiger partial charge in [-0.2, -0.15) is 0 Å². The molecule has 2 rings (SSSR count). The zero-order valence-corrected chi connectivity index (χ0v) is 12.1. The molecule has 7 heteroatoms. The van der Waals surface area contributed by atoms with Crippen LogP contribution >= 0.6 is 0 Å². The predicted molar refractivity (Wildman–Crippen MR) is 75.9 cm³/mol. The second kappa shape index (κ2) is 7.14. The molecule has 3 atom stereocenters. The Kier molecular flexibility index (Phi) is 5.24. The lowest BCUT2D eigenvalue weighted by Crippen LogP contribution is -2.48. The standard InChI is InChI=1S/C14H20N4O3/c1-3-21-14(20)9(2)16-13(19)12-7-11(17-18-12)10-5-4-6-15-8-10/h4-6,8-9,11-12,17-18H,3,7H2,1-2H3,(H,16,19). The highest BCUT2D eigenvalue weighted by molar-refractivity contribution is 5.87. The smallest absolute Gasteiger partial charge is 0.328 e. The maximum Gasteiger partial charge on any atom is 0.328 e. The summed E-state index contributed by atoms with van der Waals surface area (Å²) in [4.78, 5) is 27.7. The van der Waals surface area contributed by atoms with Crippen molar-refractivity contribution in [2.75, 3.05) is 6.61 Å². The first-order valence-electron chi connectivity index (χ1n) is 6.99. The summed E-state index contributed by atoms with van der Waals surface area (Å²) in [6.45, 7) is 3.63. The molecule has 0 spiro atoms. The summed E-state index contributed by atoms with van der Waals surface area (Å²) < 4.78 is 4.86. The fourth-order valence-electron chi connectivity index (χ4n) is 2.17. The first-order valence-corrected chi connectivity index (χ1v) is 6.99. The van der Waals surface area contributed by atoms with E-state index in [1.807, 2.05) is 12.1 Å². The summed E-state index contributed by atoms with van der Waals surface area (Å²) in [5, 5.41) is 2.65. The zero-order valence-electron chi connectivity index (χ0n) is 12.1. The summed E-state index contributed by atoms with van der Waals surface area (Å²) in [5.74, 6) is -0.657. The molecule has 7 nitrogen and oxygen atoms in total. The summed E-state index contributed by atoms with van der Waals surface area (Å²) >= 11 is 0. The van der Waals surface area contributed by atoms with Crippen LogP contribution in [0, 0.1) is 0 Å². The number of aromatic nitrogens is 1. The summed E-state index contributed by atoms with van der Waals surface area (Å²) in [5.41, 5.74) is 7.02. The lowest BCUT2D eigenvalue weighted by molar-refractivity contribution is -0.147. The highest BCUT2D eigenvalue weighted by Crippen LogP contribution is 2.21. The molecule has 1 fully saturated rings. The molecule has 0 saturated carbocycles. The Labute approximate surface area is 123 Å². The molecule has 1 aromatic heterocycles. The van der Waals surface area contributed by atoms with Gasteiger partial charge in [0.15, 0.2) is 0 Å². The monoisotopic (exact) mass is 292 g/mol. The highest BCUT2D eigenvalue weighted by atomic mass is 16.5. The summed E-state index contributed by atoms with van der Waals surface area (Å²) in [7, 11) is 0. The van der Waals surface area contributed by atoms with E-state index in [9.17, 15) is 9.59 Å². The van der Waals surface area contributed by atoms with Crippen molar-refractivity contribution in [1.82, 2.24) is 21.2 Å². The van der Waals surface area contributed by atoms with E-state index in [1.165, 1.54) is 0 Å². The fraction of sp³-hybridized carbons (Fsp3) is 0.500. The Morgan fingerprint density at radius 2 is 2.33 bits per heavy atom. The Morgan fingerprint density at radius 3 is 3.00 bits per heavy atom. The number of amides is 1. The first-order chi connectivity index (χ1) is 10.1. The lowest BCUT2D eigenvalue weighted by Gasteiger charge is -2.15. The van der Waals surface area contributed by atoms with Crippen LogP contribution in [-0.4, -0.2) is 35.6 Å². The van der Waals surface area contributed by atoms with Gasteiger partial charge < -0.3 is 10.1 Å². The van der Waals surface area contributed by atoms with Gasteiger partial charge in [0.05, 0.1) is 6.61 Å². The van der Waals surface area contributed by atoms with E-state index < -0.39 is 18.1 Å². The van der Waals surface area contributed by atoms with Gasteiger partial charge in [0.2, 0.25) is 5.91 Å². The molecular weight excluding hydrogens is 272 g/mol. The number of nitrogens with one attached hydrogen (secondary N) is 3. The average Bonchev–Trinajstić information content (AvgIpc) is 2.98. The second-order valence-electron chi connectivity index (χ2n) is 4.90. The fourth-order valence-corrected chi connectivity index (χ4v) is 2.17. The molecule has 114 valence electrons. The van der Waals surface area contributed by atoms with Crippen molar-refractivity contribution >= 4 is 11.9 Å². The number of nitrogens with zero attached hydrogens (tertiary/aromatic N) is 1. The van der Waals surface area contributed by atoms with E-state index in [1.54, 1.807) is 26.2 Å². The van der Waals surface area contributed by atoms with Crippen molar-refractivity contribution in [1.29, 1.82) is 0 Å². The topological polar surface area (TPSA) is 92.3 Å². The van der Waals surface area contributed by atoms with Gasteiger partial charge in [0.1, 0.15) is 12.1 Å². The molecule has 1 aliphatic heterocycles. The van der Waals surface area contributed by atoms with Crippen LogP contribution in [0.25, 0.3) is 0 Å². The van der Waals surface area contributed by atoms with E-state index in [0.717, 1.165) is 5.56 Å². The molecule has 0 aliphatic carbocycles. The lowest BCUT2D eigenvalue weighted by atomic mass is 10.0. The van der Waals surface area contributed by atoms with Crippen molar-refractivity contribution in [3.05, 3.63) is 30.1 Å². The van der Waals surface area contributed by atoms with Crippen LogP contribution < -0.4 is 16.2 Å². The van der Waals surface area contributed by atoms with Crippen LogP contribution in [-0.2, 0) is 14.3 Å². The third-order valence-electron chi connectivity index (χ3n) is 3.31. The van der Waals surface area contributed by atoms with Crippen LogP contribution in [0.15, 0.2) is 24.5 Å². The molecule has 0 aromatic carbocycles. The number of carbonyl (C=O) groups excluding carboxylic acids is 2. The third kappa shape index (κ3) is 3.99. The minimum atomic E-state index is -0.656. The third-order valence-corrected chi connectivity index (χ3v) is 3.31. The SMILES string of the molecule is CCOC(=O)C(C)NC(=O)C1CC(c2cccnc2)NN1. The Bertz CT molecular complexity index is 494. The summed E-state index contributed by atoms with van der Waals surface area (Å²) in [6.07, 6.45) is 4.06. The number of carbonyl (C=O) groups is 2. The van der Waals surface area contributed by atoms with E-state index in [-0.39, 0.29) is 11.9 Å². The van der Waals surface area contributed by atoms with Gasteiger partial charge >= 0.3 is 5.97 Å². The van der Waals surface area contributed by atoms with Crippen molar-refractivity contribution in [2.24, 2.45) is 0 Å². The molecule has 21 heavy (non-hydrogen) atoms. The molecule has 1 aromatic rings. The van der Waals surface area contributed by atoms with Crippen molar-refractivity contribution in [2.45, 2.75) is 38.4 Å². The molecule has 3 N–H and O–H groups in total. The van der Waals surface area contributed by atoms with E-state index >= 15 is 0 Å². The number of rotatable bonds is 5. The number of hydrogen-bond donors (Lipinski definition) is 3. The van der Waals surface area contributed by atoms with Gasteiger partial charge in [-0.1, -0.05) is 6.07 Å². The van der Waals surface area contributed by atoms with E-state index in [4.69, 9.17) is 4.74 Å². The molecule has 0 bridgehead atoms. The van der Waals surface area contributed by atoms with Crippen LogP contribution in [0.4, 0.5) is 0 Å². The number of hydrogen-bond acceptors (Lipinski definition) is 6. The van der Waals surface area contributed by atoms with Gasteiger partial charge in [-0.15, -0.1) is 0 Å². The van der Waals surface area contributed by atoms with Crippen LogP contribution in [0.5, 0.6) is 0 Å². The Morgan fingerprint density at radius 1 is 1.52 bits per heavy atom. The Balaban J connectivity index is 1.86. The van der Waals surface area contributed by atoms with Crippen LogP contribution in [0.3, 0.4) is 0 Å². The molecule has 2 heterocycles. The average molecular weight is 292 g/mol. The first kappa shape index (κ1) is 15.4. The molecule has 0 radical (unpaired) electrons. The van der Waals surface area contributed by atoms with Gasteiger partial charge in [0, 0.05) is 18.4 Å². The minimum absolute atomic E-state index is 0.0207. The molecule has 1 saturated heterocycles. The molecular formula is C14H20N4O3. The Hall–Kier alpha value is -1.99. The van der Waals surface area contributed by atoms with E-state index in [0.29, 0.717) is 13.0 Å². The van der Waals surface area contributed by atoms with Crippen LogP contribution in [0.1, 0.15) is 31.9 Å². The highest BCUT2D eigenvalue weighted by Gasteiger charge is 2.31. The maximum absolute atomic E-state index is 12.1. The van der Waals surface area contributed by atoms with Crippen molar-refractivity contribution in [3.8, 4) is 0 Å². The van der Waals surface area contributed by atoms with Gasteiger partial charge in [-0.3, -0.25) is 9.78 Å². The van der Waals surface area contributed by atoms with Crippen LogP contribution in [0.2, 0.25) is 0 Å². The second-order valence-corrected chi connectivity index (χ2v) is 4.90. The van der Waals surface area contributed by atoms with E-state index in [2.05, 4.69) is 21.2 Å². The van der Waals surface area contributed by atoms with Crippen molar-refractivity contribution < 1.29 is 14.3 Å². The largest absolute Gasteiger partial charge is 0.464 e. The van der Waals surface area contributed by atoms with Gasteiger partial charge in [0.25, 0.3) is 0 Å². The van der Waals surface area contributed by atoms with Gasteiger partial charge in [-0.05, 0) is 31.9 Å². The maximum atomic E-state index is 12.1. The number of pyridine rings is 1. The summed E-state index contributed by atoms with van der Waals surface area (Å²) in [6, 6.07) is 2.78.